The Kier molecular flexibility index (Phi) is 7.71. The number of ether oxygens (including phenoxy) is 2. The Morgan fingerprint density at radius 3 is 2.79 bits per heavy atom. The minimum Gasteiger partial charge on any atom is -0.420 e. The molecule has 4 heterocycles. The number of carbonyl (C=O) groups excluding carboxylic acids is 1. The minimum absolute atomic E-state index is 0.0158. The average molecular weight is 504 g/mol. The summed E-state index contributed by atoms with van der Waals surface area (Å²) in [6.45, 7) is 4.68. The van der Waals surface area contributed by atoms with Gasteiger partial charge in [-0.05, 0) is 29.8 Å². The SMILES string of the molecule is CC.O=C1NCCNc2c1sc1ccc3nc(Oc4nc(Cl)ncc4COCCF)ccc3c21. The second-order valence-corrected chi connectivity index (χ2v) is 8.35. The predicted molar refractivity (Wildman–Crippen MR) is 132 cm³/mol. The molecule has 4 aromatic rings. The number of nitrogens with zero attached hydrogens (tertiary/aromatic N) is 3. The van der Waals surface area contributed by atoms with Gasteiger partial charge in [0.1, 0.15) is 11.6 Å². The van der Waals surface area contributed by atoms with Crippen molar-refractivity contribution in [1.29, 1.82) is 0 Å². The summed E-state index contributed by atoms with van der Waals surface area (Å²) in [6.07, 6.45) is 1.48. The van der Waals surface area contributed by atoms with Crippen molar-refractivity contribution in [2.75, 3.05) is 31.7 Å². The second kappa shape index (κ2) is 10.9. The van der Waals surface area contributed by atoms with Crippen LogP contribution in [0, 0.1) is 0 Å². The van der Waals surface area contributed by atoms with E-state index in [9.17, 15) is 9.18 Å². The summed E-state index contributed by atoms with van der Waals surface area (Å²) in [5.74, 6) is 0.431. The van der Waals surface area contributed by atoms with Crippen molar-refractivity contribution >= 4 is 55.5 Å². The first-order chi connectivity index (χ1) is 16.6. The first-order valence-electron chi connectivity index (χ1n) is 10.9. The molecule has 11 heteroatoms. The lowest BCUT2D eigenvalue weighted by Gasteiger charge is -2.10. The number of hydrogen-bond donors (Lipinski definition) is 2. The van der Waals surface area contributed by atoms with Crippen molar-refractivity contribution in [2.24, 2.45) is 0 Å². The molecule has 0 unspecified atom stereocenters. The van der Waals surface area contributed by atoms with E-state index < -0.39 is 6.67 Å². The van der Waals surface area contributed by atoms with Crippen LogP contribution in [0.3, 0.4) is 0 Å². The molecule has 0 bridgehead atoms. The molecule has 1 aromatic carbocycles. The molecule has 0 saturated heterocycles. The van der Waals surface area contributed by atoms with Gasteiger partial charge in [0.2, 0.25) is 17.0 Å². The van der Waals surface area contributed by atoms with Crippen molar-refractivity contribution in [3.05, 3.63) is 46.2 Å². The molecule has 8 nitrogen and oxygen atoms in total. The molecule has 1 aliphatic rings. The predicted octanol–water partition coefficient (Wildman–Crippen LogP) is 5.35. The molecule has 178 valence electrons. The highest BCUT2D eigenvalue weighted by atomic mass is 35.5. The Balaban J connectivity index is 0.00000133. The van der Waals surface area contributed by atoms with Crippen LogP contribution in [0.15, 0.2) is 30.5 Å². The fourth-order valence-electron chi connectivity index (χ4n) is 3.51. The number of fused-ring (bicyclic) bond motifs is 5. The van der Waals surface area contributed by atoms with Crippen molar-refractivity contribution in [3.63, 3.8) is 0 Å². The molecular weight excluding hydrogens is 481 g/mol. The van der Waals surface area contributed by atoms with E-state index >= 15 is 0 Å². The molecular formula is C23H23ClFN5O3S. The molecule has 2 N–H and O–H groups in total. The van der Waals surface area contributed by atoms with Crippen LogP contribution in [0.4, 0.5) is 10.1 Å². The smallest absolute Gasteiger partial charge is 0.263 e. The zero-order valence-corrected chi connectivity index (χ0v) is 20.2. The number of halogens is 2. The van der Waals surface area contributed by atoms with E-state index in [2.05, 4.69) is 25.6 Å². The maximum absolute atomic E-state index is 12.4. The van der Waals surface area contributed by atoms with Gasteiger partial charge in [0.15, 0.2) is 0 Å². The Morgan fingerprint density at radius 1 is 1.15 bits per heavy atom. The summed E-state index contributed by atoms with van der Waals surface area (Å²) < 4.78 is 24.5. The number of aromatic nitrogens is 3. The molecule has 0 radical (unpaired) electrons. The van der Waals surface area contributed by atoms with Crippen LogP contribution in [0.1, 0.15) is 29.1 Å². The molecule has 0 atom stereocenters. The fourth-order valence-corrected chi connectivity index (χ4v) is 4.74. The quantitative estimate of drug-likeness (QED) is 0.270. The number of benzene rings is 1. The fraction of sp³-hybridized carbons (Fsp3) is 0.304. The van der Waals surface area contributed by atoms with Gasteiger partial charge in [-0.2, -0.15) is 4.98 Å². The van der Waals surface area contributed by atoms with Gasteiger partial charge < -0.3 is 20.1 Å². The van der Waals surface area contributed by atoms with E-state index in [1.54, 1.807) is 6.07 Å². The largest absolute Gasteiger partial charge is 0.420 e. The van der Waals surface area contributed by atoms with Gasteiger partial charge >= 0.3 is 0 Å². The monoisotopic (exact) mass is 503 g/mol. The van der Waals surface area contributed by atoms with E-state index in [1.165, 1.54) is 17.5 Å². The van der Waals surface area contributed by atoms with Gasteiger partial charge in [0.25, 0.3) is 5.91 Å². The topological polar surface area (TPSA) is 98.3 Å². The van der Waals surface area contributed by atoms with E-state index in [0.717, 1.165) is 21.2 Å². The number of carbonyl (C=O) groups is 1. The summed E-state index contributed by atoms with van der Waals surface area (Å²) in [7, 11) is 0. The van der Waals surface area contributed by atoms with Crippen molar-refractivity contribution < 1.29 is 18.7 Å². The molecule has 0 spiro atoms. The Labute approximate surface area is 204 Å². The third kappa shape index (κ3) is 4.89. The molecule has 0 saturated carbocycles. The normalized spacial score (nSPS) is 12.9. The van der Waals surface area contributed by atoms with Crippen LogP contribution in [0.5, 0.6) is 11.8 Å². The first kappa shape index (κ1) is 24.1. The molecule has 1 aliphatic heterocycles. The van der Waals surface area contributed by atoms with Crippen molar-refractivity contribution in [1.82, 2.24) is 20.3 Å². The van der Waals surface area contributed by atoms with Crippen LogP contribution in [0.25, 0.3) is 21.0 Å². The maximum Gasteiger partial charge on any atom is 0.263 e. The van der Waals surface area contributed by atoms with Gasteiger partial charge in [0, 0.05) is 40.8 Å². The van der Waals surface area contributed by atoms with Gasteiger partial charge in [-0.15, -0.1) is 11.3 Å². The number of rotatable bonds is 6. The lowest BCUT2D eigenvalue weighted by atomic mass is 10.1. The Morgan fingerprint density at radius 2 is 1.97 bits per heavy atom. The van der Waals surface area contributed by atoms with Crippen LogP contribution < -0.4 is 15.4 Å². The third-order valence-electron chi connectivity index (χ3n) is 4.89. The second-order valence-electron chi connectivity index (χ2n) is 6.96. The lowest BCUT2D eigenvalue weighted by molar-refractivity contribution is 0.0962. The summed E-state index contributed by atoms with van der Waals surface area (Å²) in [6, 6.07) is 7.46. The zero-order chi connectivity index (χ0) is 24.1. The minimum atomic E-state index is -0.589. The average Bonchev–Trinajstić information content (AvgIpc) is 3.14. The number of alkyl halides is 1. The number of hydrogen-bond acceptors (Lipinski definition) is 8. The van der Waals surface area contributed by atoms with Crippen LogP contribution in [-0.2, 0) is 11.3 Å². The summed E-state index contributed by atoms with van der Waals surface area (Å²) >= 11 is 7.37. The summed E-state index contributed by atoms with van der Waals surface area (Å²) in [4.78, 5) is 25.7. The molecule has 5 rings (SSSR count). The first-order valence-corrected chi connectivity index (χ1v) is 12.0. The van der Waals surface area contributed by atoms with Gasteiger partial charge in [-0.3, -0.25) is 4.79 Å². The zero-order valence-electron chi connectivity index (χ0n) is 18.7. The highest BCUT2D eigenvalue weighted by Crippen LogP contribution is 2.41. The number of thiophene rings is 1. The van der Waals surface area contributed by atoms with Crippen LogP contribution in [0.2, 0.25) is 5.28 Å². The molecule has 3 aromatic heterocycles. The van der Waals surface area contributed by atoms with E-state index in [0.29, 0.717) is 34.9 Å². The van der Waals surface area contributed by atoms with Crippen molar-refractivity contribution in [3.8, 4) is 11.8 Å². The van der Waals surface area contributed by atoms with E-state index in [-0.39, 0.29) is 30.3 Å². The highest BCUT2D eigenvalue weighted by Gasteiger charge is 2.22. The number of pyridine rings is 1. The van der Waals surface area contributed by atoms with Crippen LogP contribution in [-0.4, -0.2) is 47.2 Å². The Hall–Kier alpha value is -3.08. The van der Waals surface area contributed by atoms with Gasteiger partial charge in [-0.1, -0.05) is 13.8 Å². The molecule has 0 fully saturated rings. The highest BCUT2D eigenvalue weighted by molar-refractivity contribution is 7.21. The summed E-state index contributed by atoms with van der Waals surface area (Å²) in [5.41, 5.74) is 2.06. The maximum atomic E-state index is 12.4. The van der Waals surface area contributed by atoms with E-state index in [1.807, 2.05) is 32.0 Å². The standard InChI is InChI=1S/C21H17ClFN5O3S.C2H6/c22-21-26-9-11(10-30-8-5-23)20(28-21)31-15-4-1-12-13(27-15)2-3-14-16(12)17-18(32-14)19(29)25-7-6-24-17;1-2/h1-4,9,24H,5-8,10H2,(H,25,29);1-2H3. The van der Waals surface area contributed by atoms with Gasteiger partial charge in [0.05, 0.1) is 30.0 Å². The number of nitrogens with one attached hydrogen (secondary N) is 2. The third-order valence-corrected chi connectivity index (χ3v) is 6.23. The molecule has 1 amide bonds. The summed E-state index contributed by atoms with van der Waals surface area (Å²) in [5, 5.41) is 8.13. The number of anilines is 1. The van der Waals surface area contributed by atoms with Crippen molar-refractivity contribution in [2.45, 2.75) is 20.5 Å². The number of amides is 1. The molecule has 0 aliphatic carbocycles. The molecule has 34 heavy (non-hydrogen) atoms. The van der Waals surface area contributed by atoms with Crippen LogP contribution >= 0.6 is 22.9 Å². The van der Waals surface area contributed by atoms with Gasteiger partial charge in [-0.25, -0.2) is 14.4 Å². The lowest BCUT2D eigenvalue weighted by Crippen LogP contribution is -2.24. The Bertz CT molecular complexity index is 1330. The van der Waals surface area contributed by atoms with E-state index in [4.69, 9.17) is 21.1 Å².